The minimum absolute atomic E-state index is 0.0254. The third-order valence-electron chi connectivity index (χ3n) is 5.71. The van der Waals surface area contributed by atoms with Crippen molar-refractivity contribution in [2.45, 2.75) is 26.2 Å². The van der Waals surface area contributed by atoms with E-state index in [1.54, 1.807) is 12.1 Å². The van der Waals surface area contributed by atoms with E-state index in [1.165, 1.54) is 0 Å². The second-order valence-corrected chi connectivity index (χ2v) is 8.22. The molecule has 0 bridgehead atoms. The maximum Gasteiger partial charge on any atom is 0.238 e. The number of fused-ring (bicyclic) bond motifs is 1. The number of hydrogen-bond donors (Lipinski definition) is 2. The SMILES string of the molecule is Cc1nc2c([nH]1)CC(C(=O)N1CCN(CC(=O)Nc3ccccc3Cl)CC1)CC2. The van der Waals surface area contributed by atoms with Gasteiger partial charge in [-0.05, 0) is 31.9 Å². The molecule has 1 unspecified atom stereocenters. The van der Waals surface area contributed by atoms with E-state index in [2.05, 4.69) is 20.2 Å². The molecule has 1 atom stereocenters. The Labute approximate surface area is 175 Å². The average Bonchev–Trinajstić information content (AvgIpc) is 3.09. The van der Waals surface area contributed by atoms with Gasteiger partial charge in [-0.25, -0.2) is 4.98 Å². The van der Waals surface area contributed by atoms with E-state index in [1.807, 2.05) is 24.0 Å². The normalized spacial score (nSPS) is 19.7. The molecule has 1 fully saturated rings. The van der Waals surface area contributed by atoms with Crippen LogP contribution in [0.5, 0.6) is 0 Å². The Morgan fingerprint density at radius 3 is 2.76 bits per heavy atom. The summed E-state index contributed by atoms with van der Waals surface area (Å²) in [5.74, 6) is 1.08. The predicted octanol–water partition coefficient (Wildman–Crippen LogP) is 2.26. The van der Waals surface area contributed by atoms with Crippen molar-refractivity contribution >= 4 is 29.1 Å². The number of H-pyrrole nitrogens is 1. The summed E-state index contributed by atoms with van der Waals surface area (Å²) in [6, 6.07) is 7.20. The van der Waals surface area contributed by atoms with Gasteiger partial charge in [-0.3, -0.25) is 14.5 Å². The largest absolute Gasteiger partial charge is 0.346 e. The summed E-state index contributed by atoms with van der Waals surface area (Å²) in [4.78, 5) is 37.1. The van der Waals surface area contributed by atoms with Crippen molar-refractivity contribution in [2.24, 2.45) is 5.92 Å². The van der Waals surface area contributed by atoms with Gasteiger partial charge in [0.15, 0.2) is 0 Å². The number of imidazole rings is 1. The highest BCUT2D eigenvalue weighted by Gasteiger charge is 2.31. The number of rotatable bonds is 4. The number of piperazine rings is 1. The fourth-order valence-corrected chi connectivity index (χ4v) is 4.36. The number of hydrogen-bond acceptors (Lipinski definition) is 4. The fourth-order valence-electron chi connectivity index (χ4n) is 4.17. The molecule has 0 radical (unpaired) electrons. The lowest BCUT2D eigenvalue weighted by Gasteiger charge is -2.36. The molecular weight excluding hydrogens is 390 g/mol. The molecule has 1 aliphatic carbocycles. The monoisotopic (exact) mass is 415 g/mol. The molecule has 1 aromatic heterocycles. The summed E-state index contributed by atoms with van der Waals surface area (Å²) in [6.07, 6.45) is 2.46. The summed E-state index contributed by atoms with van der Waals surface area (Å²) < 4.78 is 0. The van der Waals surface area contributed by atoms with Crippen LogP contribution in [0.4, 0.5) is 5.69 Å². The van der Waals surface area contributed by atoms with Gasteiger partial charge in [0.2, 0.25) is 11.8 Å². The van der Waals surface area contributed by atoms with E-state index in [4.69, 9.17) is 11.6 Å². The number of amides is 2. The van der Waals surface area contributed by atoms with Gasteiger partial charge in [0.05, 0.1) is 22.9 Å². The molecule has 2 aromatic rings. The number of aromatic nitrogens is 2. The van der Waals surface area contributed by atoms with E-state index in [9.17, 15) is 9.59 Å². The molecule has 2 N–H and O–H groups in total. The predicted molar refractivity (Wildman–Crippen MR) is 112 cm³/mol. The highest BCUT2D eigenvalue weighted by atomic mass is 35.5. The molecule has 0 saturated carbocycles. The number of benzene rings is 1. The molecule has 1 aromatic carbocycles. The van der Waals surface area contributed by atoms with Crippen LogP contribution in [-0.4, -0.2) is 64.3 Å². The minimum atomic E-state index is -0.0905. The first-order valence-electron chi connectivity index (χ1n) is 10.1. The first-order valence-corrected chi connectivity index (χ1v) is 10.5. The molecule has 29 heavy (non-hydrogen) atoms. The van der Waals surface area contributed by atoms with Gasteiger partial charge in [0.1, 0.15) is 5.82 Å². The van der Waals surface area contributed by atoms with Crippen molar-refractivity contribution in [1.82, 2.24) is 19.8 Å². The molecule has 2 heterocycles. The quantitative estimate of drug-likeness (QED) is 0.802. The molecule has 154 valence electrons. The zero-order valence-corrected chi connectivity index (χ0v) is 17.3. The van der Waals surface area contributed by atoms with Crippen LogP contribution < -0.4 is 5.32 Å². The molecule has 0 spiro atoms. The summed E-state index contributed by atoms with van der Waals surface area (Å²) in [6.45, 7) is 4.96. The van der Waals surface area contributed by atoms with E-state index in [0.29, 0.717) is 43.4 Å². The molecule has 2 amide bonds. The van der Waals surface area contributed by atoms with E-state index in [-0.39, 0.29) is 17.7 Å². The number of para-hydroxylation sites is 1. The summed E-state index contributed by atoms with van der Waals surface area (Å²) in [5, 5.41) is 3.38. The highest BCUT2D eigenvalue weighted by molar-refractivity contribution is 6.33. The van der Waals surface area contributed by atoms with Crippen molar-refractivity contribution < 1.29 is 9.59 Å². The van der Waals surface area contributed by atoms with Gasteiger partial charge < -0.3 is 15.2 Å². The standard InChI is InChI=1S/C21H26ClN5O2/c1-14-23-18-7-6-15(12-19(18)24-14)21(29)27-10-8-26(9-11-27)13-20(28)25-17-5-3-2-4-16(17)22/h2-5,15H,6-13H2,1H3,(H,23,24)(H,25,28). The van der Waals surface area contributed by atoms with Crippen LogP contribution in [0.15, 0.2) is 24.3 Å². The highest BCUT2D eigenvalue weighted by Crippen LogP contribution is 2.26. The third-order valence-corrected chi connectivity index (χ3v) is 6.04. The van der Waals surface area contributed by atoms with Gasteiger partial charge in [-0.1, -0.05) is 23.7 Å². The zero-order chi connectivity index (χ0) is 20.4. The molecule has 1 aliphatic heterocycles. The lowest BCUT2D eigenvalue weighted by atomic mass is 9.88. The number of nitrogens with zero attached hydrogens (tertiary/aromatic N) is 3. The Bertz CT molecular complexity index is 904. The van der Waals surface area contributed by atoms with Crippen LogP contribution >= 0.6 is 11.6 Å². The number of aromatic amines is 1. The Morgan fingerprint density at radius 1 is 1.24 bits per heavy atom. The Balaban J connectivity index is 1.25. The van der Waals surface area contributed by atoms with Crippen LogP contribution in [0, 0.1) is 12.8 Å². The zero-order valence-electron chi connectivity index (χ0n) is 16.6. The number of halogens is 1. The van der Waals surface area contributed by atoms with Gasteiger partial charge in [0.25, 0.3) is 0 Å². The second-order valence-electron chi connectivity index (χ2n) is 7.82. The van der Waals surface area contributed by atoms with E-state index < -0.39 is 0 Å². The summed E-state index contributed by atoms with van der Waals surface area (Å²) >= 11 is 6.09. The molecule has 4 rings (SSSR count). The topological polar surface area (TPSA) is 81.3 Å². The summed E-state index contributed by atoms with van der Waals surface area (Å²) in [7, 11) is 0. The number of carbonyl (C=O) groups is 2. The molecule has 1 saturated heterocycles. The van der Waals surface area contributed by atoms with E-state index >= 15 is 0 Å². The molecule has 7 nitrogen and oxygen atoms in total. The fraction of sp³-hybridized carbons (Fsp3) is 0.476. The molecule has 2 aliphatic rings. The van der Waals surface area contributed by atoms with E-state index in [0.717, 1.165) is 36.5 Å². The lowest BCUT2D eigenvalue weighted by molar-refractivity contribution is -0.137. The number of nitrogens with one attached hydrogen (secondary N) is 2. The van der Waals surface area contributed by atoms with Crippen LogP contribution in [0.2, 0.25) is 5.02 Å². The number of anilines is 1. The first kappa shape index (κ1) is 19.9. The third kappa shape index (κ3) is 4.62. The molecule has 8 heteroatoms. The van der Waals surface area contributed by atoms with Crippen LogP contribution in [0.3, 0.4) is 0 Å². The van der Waals surface area contributed by atoms with Crippen LogP contribution in [0.25, 0.3) is 0 Å². The maximum absolute atomic E-state index is 13.0. The van der Waals surface area contributed by atoms with Crippen molar-refractivity contribution in [3.8, 4) is 0 Å². The number of carbonyl (C=O) groups excluding carboxylic acids is 2. The van der Waals surface area contributed by atoms with Gasteiger partial charge in [-0.2, -0.15) is 0 Å². The minimum Gasteiger partial charge on any atom is -0.346 e. The number of aryl methyl sites for hydroxylation is 2. The Kier molecular flexibility index (Phi) is 5.87. The maximum atomic E-state index is 13.0. The Hall–Kier alpha value is -2.38. The van der Waals surface area contributed by atoms with Crippen molar-refractivity contribution in [3.05, 3.63) is 46.5 Å². The van der Waals surface area contributed by atoms with Gasteiger partial charge in [0, 0.05) is 44.2 Å². The smallest absolute Gasteiger partial charge is 0.238 e. The Morgan fingerprint density at radius 2 is 2.00 bits per heavy atom. The van der Waals surface area contributed by atoms with Crippen molar-refractivity contribution in [3.63, 3.8) is 0 Å². The van der Waals surface area contributed by atoms with Crippen LogP contribution in [-0.2, 0) is 22.4 Å². The lowest BCUT2D eigenvalue weighted by Crippen LogP contribution is -2.52. The summed E-state index contributed by atoms with van der Waals surface area (Å²) in [5.41, 5.74) is 2.85. The van der Waals surface area contributed by atoms with Gasteiger partial charge in [-0.15, -0.1) is 0 Å². The average molecular weight is 416 g/mol. The first-order chi connectivity index (χ1) is 14.0. The van der Waals surface area contributed by atoms with Crippen LogP contribution in [0.1, 0.15) is 23.6 Å². The second kappa shape index (κ2) is 8.55. The van der Waals surface area contributed by atoms with Gasteiger partial charge >= 0.3 is 0 Å². The molecular formula is C21H26ClN5O2. The van der Waals surface area contributed by atoms with Crippen molar-refractivity contribution in [1.29, 1.82) is 0 Å². The van der Waals surface area contributed by atoms with Crippen molar-refractivity contribution in [2.75, 3.05) is 38.0 Å².